The first-order chi connectivity index (χ1) is 17.3. The third-order valence-corrected chi connectivity index (χ3v) is 7.56. The van der Waals surface area contributed by atoms with Gasteiger partial charge in [0.25, 0.3) is 0 Å². The van der Waals surface area contributed by atoms with Crippen LogP contribution in [-0.2, 0) is 21.1 Å². The molecule has 0 aliphatic rings. The van der Waals surface area contributed by atoms with Crippen molar-refractivity contribution >= 4 is 50.5 Å². The van der Waals surface area contributed by atoms with Gasteiger partial charge in [0.05, 0.1) is 27.7 Å². The number of hydrogen-bond donors (Lipinski definition) is 4. The summed E-state index contributed by atoms with van der Waals surface area (Å²) in [6.45, 7) is 2.86. The minimum absolute atomic E-state index is 0.00563. The van der Waals surface area contributed by atoms with E-state index in [-0.39, 0.29) is 51.8 Å². The maximum Gasteiger partial charge on any atom is 0.471 e. The first-order valence-electron chi connectivity index (χ1n) is 10.9. The number of phenolic OH excluding ortho intramolecular Hbond substituents is 1. The second-order valence-corrected chi connectivity index (χ2v) is 11.0. The molecule has 0 radical (unpaired) electrons. The minimum atomic E-state index is -4.97. The van der Waals surface area contributed by atoms with Crippen molar-refractivity contribution in [2.75, 3.05) is 17.2 Å². The number of carbonyl (C=O) groups is 1. The Hall–Kier alpha value is -3.58. The average Bonchev–Trinajstić information content (AvgIpc) is 2.82. The molecule has 1 heterocycles. The van der Waals surface area contributed by atoms with Crippen LogP contribution in [0.1, 0.15) is 19.4 Å². The number of halogens is 4. The lowest BCUT2D eigenvalue weighted by Gasteiger charge is -2.15. The highest BCUT2D eigenvalue weighted by Crippen LogP contribution is 2.32. The van der Waals surface area contributed by atoms with Gasteiger partial charge in [0.15, 0.2) is 15.7 Å². The van der Waals surface area contributed by atoms with Crippen molar-refractivity contribution in [1.29, 1.82) is 0 Å². The van der Waals surface area contributed by atoms with Crippen LogP contribution >= 0.6 is 11.6 Å². The third kappa shape index (κ3) is 7.01. The predicted octanol–water partition coefficient (Wildman–Crippen LogP) is 4.73. The van der Waals surface area contributed by atoms with Gasteiger partial charge in [0.2, 0.25) is 5.95 Å². The van der Waals surface area contributed by atoms with Crippen molar-refractivity contribution in [2.45, 2.75) is 36.6 Å². The quantitative estimate of drug-likeness (QED) is 0.278. The van der Waals surface area contributed by atoms with E-state index in [4.69, 9.17) is 11.6 Å². The molecule has 0 saturated heterocycles. The molecule has 1 aromatic heterocycles. The van der Waals surface area contributed by atoms with E-state index < -0.39 is 27.2 Å². The Morgan fingerprint density at radius 1 is 1.11 bits per heavy atom. The van der Waals surface area contributed by atoms with Crippen molar-refractivity contribution < 1.29 is 31.5 Å². The summed E-state index contributed by atoms with van der Waals surface area (Å²) in [4.78, 5) is 19.3. The molecular formula is C23H23ClF3N5O4S. The number of aromatic hydroxyl groups is 1. The van der Waals surface area contributed by atoms with E-state index in [9.17, 15) is 31.5 Å². The molecule has 0 bridgehead atoms. The molecular weight excluding hydrogens is 535 g/mol. The van der Waals surface area contributed by atoms with Gasteiger partial charge in [-0.05, 0) is 50.1 Å². The molecule has 37 heavy (non-hydrogen) atoms. The van der Waals surface area contributed by atoms with Crippen LogP contribution in [0.15, 0.2) is 53.6 Å². The van der Waals surface area contributed by atoms with Crippen LogP contribution in [0.4, 0.5) is 36.3 Å². The second-order valence-electron chi connectivity index (χ2n) is 8.09. The normalized spacial score (nSPS) is 11.9. The molecule has 0 spiro atoms. The largest absolute Gasteiger partial charge is 0.506 e. The number of phenols is 1. The second kappa shape index (κ2) is 11.2. The number of sulfone groups is 1. The molecule has 0 atom stereocenters. The summed E-state index contributed by atoms with van der Waals surface area (Å²) >= 11 is 6.22. The highest BCUT2D eigenvalue weighted by Gasteiger charge is 2.38. The van der Waals surface area contributed by atoms with Gasteiger partial charge in [0, 0.05) is 6.54 Å². The molecule has 3 aromatic rings. The van der Waals surface area contributed by atoms with Crippen LogP contribution in [0.2, 0.25) is 5.02 Å². The van der Waals surface area contributed by atoms with E-state index >= 15 is 0 Å². The lowest BCUT2D eigenvalue weighted by molar-refractivity contribution is -0.173. The number of aromatic nitrogens is 2. The van der Waals surface area contributed by atoms with Gasteiger partial charge >= 0.3 is 12.1 Å². The summed E-state index contributed by atoms with van der Waals surface area (Å²) < 4.78 is 62.5. The number of hydrogen-bond acceptors (Lipinski definition) is 8. The van der Waals surface area contributed by atoms with E-state index in [1.165, 1.54) is 30.5 Å². The number of nitrogens with zero attached hydrogens (tertiary/aromatic N) is 2. The molecule has 1 amide bonds. The SMILES string of the molecule is CC(C)S(=O)(=O)c1ccccc1Nc1nc(Nc2cc(CCNC(=O)C(F)(F)F)ccc2O)ncc1Cl. The van der Waals surface area contributed by atoms with Gasteiger partial charge in [-0.3, -0.25) is 4.79 Å². The number of nitrogens with one attached hydrogen (secondary N) is 3. The molecule has 14 heteroatoms. The lowest BCUT2D eigenvalue weighted by atomic mass is 10.1. The number of alkyl halides is 3. The molecule has 198 valence electrons. The van der Waals surface area contributed by atoms with Crippen LogP contribution in [0, 0.1) is 0 Å². The number of para-hydroxylation sites is 1. The minimum Gasteiger partial charge on any atom is -0.506 e. The summed E-state index contributed by atoms with van der Waals surface area (Å²) in [7, 11) is -3.62. The van der Waals surface area contributed by atoms with Gasteiger partial charge in [-0.25, -0.2) is 13.4 Å². The van der Waals surface area contributed by atoms with Gasteiger partial charge in [-0.1, -0.05) is 29.8 Å². The van der Waals surface area contributed by atoms with Crippen LogP contribution in [-0.4, -0.2) is 47.4 Å². The van der Waals surface area contributed by atoms with E-state index in [0.29, 0.717) is 5.56 Å². The van der Waals surface area contributed by atoms with Crippen LogP contribution in [0.5, 0.6) is 5.75 Å². The van der Waals surface area contributed by atoms with Gasteiger partial charge in [-0.2, -0.15) is 18.2 Å². The zero-order valence-corrected chi connectivity index (χ0v) is 21.2. The summed E-state index contributed by atoms with van der Waals surface area (Å²) in [6, 6.07) is 10.5. The monoisotopic (exact) mass is 557 g/mol. The molecule has 0 saturated carbocycles. The summed E-state index contributed by atoms with van der Waals surface area (Å²) in [5.74, 6) is -2.14. The fraction of sp³-hybridized carbons (Fsp3) is 0.261. The van der Waals surface area contributed by atoms with Gasteiger partial charge in [0.1, 0.15) is 10.8 Å². The molecule has 4 N–H and O–H groups in total. The van der Waals surface area contributed by atoms with Crippen molar-refractivity contribution in [3.63, 3.8) is 0 Å². The van der Waals surface area contributed by atoms with Crippen LogP contribution < -0.4 is 16.0 Å². The van der Waals surface area contributed by atoms with Crippen LogP contribution in [0.3, 0.4) is 0 Å². The van der Waals surface area contributed by atoms with E-state index in [0.717, 1.165) is 0 Å². The smallest absolute Gasteiger partial charge is 0.471 e. The van der Waals surface area contributed by atoms with Crippen molar-refractivity contribution in [1.82, 2.24) is 15.3 Å². The molecule has 0 aliphatic carbocycles. The zero-order chi connectivity index (χ0) is 27.4. The standard InChI is InChI=1S/C23H23ClF3N5O4S/c1-13(2)37(35,36)19-6-4-3-5-16(19)30-20-15(24)12-29-22(32-20)31-17-11-14(7-8-18(17)33)9-10-28-21(34)23(25,26)27/h3-8,11-13,33H,9-10H2,1-2H3,(H,28,34)(H2,29,30,31,32). The fourth-order valence-corrected chi connectivity index (χ4v) is 4.43. The van der Waals surface area contributed by atoms with Crippen LogP contribution in [0.25, 0.3) is 0 Å². The van der Waals surface area contributed by atoms with Crippen molar-refractivity contribution in [3.05, 3.63) is 59.2 Å². The van der Waals surface area contributed by atoms with Crippen molar-refractivity contribution in [2.24, 2.45) is 0 Å². The molecule has 0 fully saturated rings. The number of benzene rings is 2. The summed E-state index contributed by atoms with van der Waals surface area (Å²) in [6.07, 6.45) is -3.64. The first-order valence-corrected chi connectivity index (χ1v) is 12.8. The molecule has 2 aromatic carbocycles. The maximum absolute atomic E-state index is 12.7. The first kappa shape index (κ1) is 28.0. The molecule has 0 aliphatic heterocycles. The summed E-state index contributed by atoms with van der Waals surface area (Å²) in [5, 5.41) is 17.1. The fourth-order valence-electron chi connectivity index (χ4n) is 3.09. The zero-order valence-electron chi connectivity index (χ0n) is 19.6. The molecule has 0 unspecified atom stereocenters. The Labute approximate surface area is 216 Å². The van der Waals surface area contributed by atoms with Gasteiger partial charge < -0.3 is 21.1 Å². The van der Waals surface area contributed by atoms with E-state index in [1.807, 2.05) is 0 Å². The Morgan fingerprint density at radius 2 is 1.81 bits per heavy atom. The Morgan fingerprint density at radius 3 is 2.49 bits per heavy atom. The molecule has 9 nitrogen and oxygen atoms in total. The van der Waals surface area contributed by atoms with E-state index in [1.54, 1.807) is 37.4 Å². The topological polar surface area (TPSA) is 133 Å². The predicted molar refractivity (Wildman–Crippen MR) is 133 cm³/mol. The number of anilines is 4. The van der Waals surface area contributed by atoms with E-state index in [2.05, 4.69) is 20.6 Å². The maximum atomic E-state index is 12.7. The third-order valence-electron chi connectivity index (χ3n) is 5.08. The average molecular weight is 558 g/mol. The number of amides is 1. The Kier molecular flexibility index (Phi) is 8.49. The molecule has 3 rings (SSSR count). The highest BCUT2D eigenvalue weighted by atomic mass is 35.5. The Balaban J connectivity index is 1.80. The summed E-state index contributed by atoms with van der Waals surface area (Å²) in [5.41, 5.74) is 0.923. The van der Waals surface area contributed by atoms with Gasteiger partial charge in [-0.15, -0.1) is 0 Å². The number of rotatable bonds is 9. The van der Waals surface area contributed by atoms with Crippen molar-refractivity contribution in [3.8, 4) is 5.75 Å². The highest BCUT2D eigenvalue weighted by molar-refractivity contribution is 7.92. The number of carbonyl (C=O) groups excluding carboxylic acids is 1. The Bertz CT molecular complexity index is 1400. The lowest BCUT2D eigenvalue weighted by Crippen LogP contribution is -2.37.